The van der Waals surface area contributed by atoms with Crippen LogP contribution in [0.1, 0.15) is 32.3 Å². The molecule has 2 aromatic carbocycles. The number of amides is 2. The van der Waals surface area contributed by atoms with Crippen molar-refractivity contribution in [1.29, 1.82) is 0 Å². The standard InChI is InChI=1S/C24H21FN2O4/c1-3-24(4-2,13-20-22(29)27-23(30)31-20)17-10-11-19(26-21(17)28)15-9-8-14-6-5-7-18(25)16(14)12-15/h5-13H,3-4H2,1-2H3,(H,26,28)(H,27,29,30)/b20-13-. The Kier molecular flexibility index (Phi) is 5.19. The summed E-state index contributed by atoms with van der Waals surface area (Å²) in [6, 6.07) is 13.7. The van der Waals surface area contributed by atoms with Gasteiger partial charge in [-0.2, -0.15) is 0 Å². The van der Waals surface area contributed by atoms with Crippen molar-refractivity contribution < 1.29 is 18.7 Å². The first-order valence-electron chi connectivity index (χ1n) is 10.1. The van der Waals surface area contributed by atoms with Gasteiger partial charge in [-0.1, -0.05) is 44.2 Å². The van der Waals surface area contributed by atoms with E-state index in [-0.39, 0.29) is 17.1 Å². The number of nitrogens with one attached hydrogen (secondary N) is 2. The molecule has 1 fully saturated rings. The highest BCUT2D eigenvalue weighted by molar-refractivity contribution is 6.07. The third-order valence-electron chi connectivity index (χ3n) is 5.90. The molecule has 2 amide bonds. The van der Waals surface area contributed by atoms with E-state index in [2.05, 4.69) is 10.3 Å². The summed E-state index contributed by atoms with van der Waals surface area (Å²) in [6.45, 7) is 3.80. The topological polar surface area (TPSA) is 88.3 Å². The maximum atomic E-state index is 14.2. The molecule has 1 aliphatic rings. The highest BCUT2D eigenvalue weighted by Gasteiger charge is 2.35. The molecule has 1 aromatic heterocycles. The number of aromatic amines is 1. The number of allylic oxidation sites excluding steroid dienone is 1. The molecule has 0 spiro atoms. The Balaban J connectivity index is 1.78. The van der Waals surface area contributed by atoms with Gasteiger partial charge in [0.05, 0.1) is 0 Å². The molecule has 1 saturated heterocycles. The molecular formula is C24H21FN2O4. The normalized spacial score (nSPS) is 15.4. The molecule has 2 N–H and O–H groups in total. The van der Waals surface area contributed by atoms with Crippen LogP contribution < -0.4 is 10.9 Å². The fourth-order valence-corrected chi connectivity index (χ4v) is 4.02. The predicted octanol–water partition coefficient (Wildman–Crippen LogP) is 4.54. The van der Waals surface area contributed by atoms with E-state index in [0.29, 0.717) is 35.0 Å². The van der Waals surface area contributed by atoms with Crippen molar-refractivity contribution in [3.05, 3.63) is 82.1 Å². The SMILES string of the molecule is CCC(/C=C1\OC(=O)NC1=O)(CC)c1ccc(-c2ccc3cccc(F)c3c2)[nH]c1=O. The lowest BCUT2D eigenvalue weighted by Gasteiger charge is -2.28. The number of aromatic nitrogens is 1. The lowest BCUT2D eigenvalue weighted by atomic mass is 9.75. The Labute approximate surface area is 177 Å². The molecule has 0 unspecified atom stereocenters. The third-order valence-corrected chi connectivity index (χ3v) is 5.90. The lowest BCUT2D eigenvalue weighted by molar-refractivity contribution is -0.116. The first-order chi connectivity index (χ1) is 14.9. The fraction of sp³-hybridized carbons (Fsp3) is 0.208. The molecule has 2 heterocycles. The van der Waals surface area contributed by atoms with Crippen molar-refractivity contribution in [2.45, 2.75) is 32.1 Å². The van der Waals surface area contributed by atoms with Gasteiger partial charge in [0.1, 0.15) is 5.82 Å². The van der Waals surface area contributed by atoms with Crippen LogP contribution in [0.2, 0.25) is 0 Å². The van der Waals surface area contributed by atoms with E-state index >= 15 is 0 Å². The summed E-state index contributed by atoms with van der Waals surface area (Å²) in [5.41, 5.74) is 0.576. The van der Waals surface area contributed by atoms with Crippen LogP contribution in [0.3, 0.4) is 0 Å². The van der Waals surface area contributed by atoms with Gasteiger partial charge in [-0.05, 0) is 48.1 Å². The van der Waals surface area contributed by atoms with E-state index in [9.17, 15) is 18.8 Å². The quantitative estimate of drug-likeness (QED) is 0.593. The van der Waals surface area contributed by atoms with Crippen LogP contribution in [0.5, 0.6) is 0 Å². The molecule has 0 saturated carbocycles. The molecule has 0 aliphatic carbocycles. The number of halogens is 1. The van der Waals surface area contributed by atoms with Crippen molar-refractivity contribution in [2.24, 2.45) is 0 Å². The second-order valence-electron chi connectivity index (χ2n) is 7.51. The number of H-pyrrole nitrogens is 1. The van der Waals surface area contributed by atoms with Crippen LogP contribution in [-0.2, 0) is 14.9 Å². The van der Waals surface area contributed by atoms with Crippen LogP contribution in [0.4, 0.5) is 9.18 Å². The first kappa shape index (κ1) is 20.5. The summed E-state index contributed by atoms with van der Waals surface area (Å²) in [6.07, 6.45) is 1.75. The highest BCUT2D eigenvalue weighted by Crippen LogP contribution is 2.34. The number of hydrogen-bond donors (Lipinski definition) is 2. The number of hydrogen-bond acceptors (Lipinski definition) is 4. The number of benzene rings is 2. The number of ether oxygens (including phenoxy) is 1. The van der Waals surface area contributed by atoms with Crippen molar-refractivity contribution >= 4 is 22.8 Å². The molecule has 3 aromatic rings. The van der Waals surface area contributed by atoms with Gasteiger partial charge in [-0.3, -0.25) is 14.9 Å². The smallest absolute Gasteiger partial charge is 0.404 e. The average Bonchev–Trinajstić information content (AvgIpc) is 3.08. The van der Waals surface area contributed by atoms with Gasteiger partial charge in [0, 0.05) is 22.1 Å². The van der Waals surface area contributed by atoms with Crippen molar-refractivity contribution in [3.8, 4) is 11.3 Å². The molecular weight excluding hydrogens is 399 g/mol. The summed E-state index contributed by atoms with van der Waals surface area (Å²) in [5.74, 6) is -1.06. The number of pyridine rings is 1. The van der Waals surface area contributed by atoms with Gasteiger partial charge in [0.15, 0.2) is 5.76 Å². The second kappa shape index (κ2) is 7.83. The minimum absolute atomic E-state index is 0.109. The Hall–Kier alpha value is -3.74. The number of carbonyl (C=O) groups excluding carboxylic acids is 2. The Morgan fingerprint density at radius 3 is 2.45 bits per heavy atom. The second-order valence-corrected chi connectivity index (χ2v) is 7.51. The lowest BCUT2D eigenvalue weighted by Crippen LogP contribution is -2.31. The number of imide groups is 1. The molecule has 31 heavy (non-hydrogen) atoms. The predicted molar refractivity (Wildman–Crippen MR) is 115 cm³/mol. The van der Waals surface area contributed by atoms with E-state index < -0.39 is 17.4 Å². The van der Waals surface area contributed by atoms with Crippen molar-refractivity contribution in [1.82, 2.24) is 10.3 Å². The number of alkyl carbamates (subject to hydrolysis) is 1. The van der Waals surface area contributed by atoms with E-state index in [0.717, 1.165) is 5.39 Å². The van der Waals surface area contributed by atoms with Crippen LogP contribution in [0.25, 0.3) is 22.0 Å². The van der Waals surface area contributed by atoms with E-state index in [1.54, 1.807) is 36.4 Å². The van der Waals surface area contributed by atoms with Gasteiger partial charge in [0.25, 0.3) is 11.5 Å². The molecule has 0 bridgehead atoms. The van der Waals surface area contributed by atoms with Gasteiger partial charge in [-0.15, -0.1) is 0 Å². The fourth-order valence-electron chi connectivity index (χ4n) is 4.02. The summed E-state index contributed by atoms with van der Waals surface area (Å²) in [4.78, 5) is 39.2. The Morgan fingerprint density at radius 2 is 1.81 bits per heavy atom. The van der Waals surface area contributed by atoms with Crippen molar-refractivity contribution in [2.75, 3.05) is 0 Å². The summed E-state index contributed by atoms with van der Waals surface area (Å²) in [7, 11) is 0. The van der Waals surface area contributed by atoms with E-state index in [1.165, 1.54) is 6.07 Å². The largest absolute Gasteiger partial charge is 0.419 e. The average molecular weight is 420 g/mol. The van der Waals surface area contributed by atoms with Crippen LogP contribution in [0, 0.1) is 5.82 Å². The monoisotopic (exact) mass is 420 g/mol. The third kappa shape index (κ3) is 3.63. The van der Waals surface area contributed by atoms with Crippen LogP contribution in [-0.4, -0.2) is 17.0 Å². The number of cyclic esters (lactones) is 1. The van der Waals surface area contributed by atoms with Gasteiger partial charge < -0.3 is 9.72 Å². The first-order valence-corrected chi connectivity index (χ1v) is 10.1. The molecule has 4 rings (SSSR count). The minimum Gasteiger partial charge on any atom is -0.404 e. The van der Waals surface area contributed by atoms with Crippen molar-refractivity contribution in [3.63, 3.8) is 0 Å². The summed E-state index contributed by atoms with van der Waals surface area (Å²) >= 11 is 0. The molecule has 6 nitrogen and oxygen atoms in total. The maximum Gasteiger partial charge on any atom is 0.419 e. The van der Waals surface area contributed by atoms with E-state index in [4.69, 9.17) is 4.74 Å². The zero-order chi connectivity index (χ0) is 22.2. The minimum atomic E-state index is -0.829. The van der Waals surface area contributed by atoms with Crippen LogP contribution >= 0.6 is 0 Å². The van der Waals surface area contributed by atoms with E-state index in [1.807, 2.05) is 26.0 Å². The zero-order valence-electron chi connectivity index (χ0n) is 17.1. The maximum absolute atomic E-state index is 14.2. The summed E-state index contributed by atoms with van der Waals surface area (Å²) < 4.78 is 19.1. The summed E-state index contributed by atoms with van der Waals surface area (Å²) in [5, 5.41) is 3.31. The van der Waals surface area contributed by atoms with Gasteiger partial charge >= 0.3 is 6.09 Å². The molecule has 7 heteroatoms. The van der Waals surface area contributed by atoms with Gasteiger partial charge in [0.2, 0.25) is 0 Å². The Bertz CT molecular complexity index is 1290. The molecule has 0 radical (unpaired) electrons. The number of rotatable bonds is 5. The molecule has 1 aliphatic heterocycles. The highest BCUT2D eigenvalue weighted by atomic mass is 19.1. The zero-order valence-corrected chi connectivity index (χ0v) is 17.1. The number of fused-ring (bicyclic) bond motifs is 1. The molecule has 0 atom stereocenters. The van der Waals surface area contributed by atoms with Gasteiger partial charge in [-0.25, -0.2) is 9.18 Å². The van der Waals surface area contributed by atoms with Crippen LogP contribution in [0.15, 0.2) is 65.2 Å². The number of carbonyl (C=O) groups is 2. The Morgan fingerprint density at radius 1 is 1.03 bits per heavy atom. The molecule has 158 valence electrons.